The van der Waals surface area contributed by atoms with Crippen molar-refractivity contribution < 1.29 is 9.90 Å². The van der Waals surface area contributed by atoms with Gasteiger partial charge in [0.05, 0.1) is 5.56 Å². The molecule has 0 aliphatic carbocycles. The lowest BCUT2D eigenvalue weighted by Crippen LogP contribution is -2.11. The predicted molar refractivity (Wildman–Crippen MR) is 77.3 cm³/mol. The topological polar surface area (TPSA) is 40.5 Å². The standard InChI is InChI=1S/C16H17NO2/c1-3-12-6-4-5-7-15(12)17(2)14-10-8-13(9-11-14)16(18)19/h4-11H,3H2,1-2H3,(H,18,19). The van der Waals surface area contributed by atoms with Gasteiger partial charge in [-0.15, -0.1) is 0 Å². The molecule has 0 aromatic heterocycles. The molecule has 0 bridgehead atoms. The molecule has 0 atom stereocenters. The van der Waals surface area contributed by atoms with Crippen molar-refractivity contribution in [2.24, 2.45) is 0 Å². The third-order valence-corrected chi connectivity index (χ3v) is 3.24. The number of aryl methyl sites for hydroxylation is 1. The van der Waals surface area contributed by atoms with Crippen molar-refractivity contribution in [2.75, 3.05) is 11.9 Å². The van der Waals surface area contributed by atoms with Crippen LogP contribution in [0.25, 0.3) is 0 Å². The first-order chi connectivity index (χ1) is 9.13. The summed E-state index contributed by atoms with van der Waals surface area (Å²) in [6, 6.07) is 15.1. The maximum atomic E-state index is 10.8. The van der Waals surface area contributed by atoms with Crippen molar-refractivity contribution in [3.8, 4) is 0 Å². The van der Waals surface area contributed by atoms with Gasteiger partial charge in [-0.2, -0.15) is 0 Å². The number of hydrogen-bond acceptors (Lipinski definition) is 2. The van der Waals surface area contributed by atoms with Gasteiger partial charge in [-0.05, 0) is 42.3 Å². The summed E-state index contributed by atoms with van der Waals surface area (Å²) in [5, 5.41) is 8.90. The van der Waals surface area contributed by atoms with Crippen LogP contribution in [0.4, 0.5) is 11.4 Å². The fourth-order valence-electron chi connectivity index (χ4n) is 2.10. The van der Waals surface area contributed by atoms with Crippen molar-refractivity contribution in [3.63, 3.8) is 0 Å². The van der Waals surface area contributed by atoms with E-state index in [0.717, 1.165) is 17.8 Å². The second-order valence-electron chi connectivity index (χ2n) is 4.39. The molecule has 0 aliphatic rings. The van der Waals surface area contributed by atoms with E-state index in [9.17, 15) is 4.79 Å². The van der Waals surface area contributed by atoms with Crippen LogP contribution in [0.3, 0.4) is 0 Å². The second-order valence-corrected chi connectivity index (χ2v) is 4.39. The molecule has 98 valence electrons. The Kier molecular flexibility index (Phi) is 3.85. The zero-order valence-corrected chi connectivity index (χ0v) is 11.1. The first kappa shape index (κ1) is 13.1. The highest BCUT2D eigenvalue weighted by Crippen LogP contribution is 2.27. The minimum absolute atomic E-state index is 0.306. The Balaban J connectivity index is 2.33. The van der Waals surface area contributed by atoms with Crippen LogP contribution in [0.15, 0.2) is 48.5 Å². The quantitative estimate of drug-likeness (QED) is 0.905. The summed E-state index contributed by atoms with van der Waals surface area (Å²) >= 11 is 0. The summed E-state index contributed by atoms with van der Waals surface area (Å²) in [6.45, 7) is 2.13. The first-order valence-corrected chi connectivity index (χ1v) is 6.28. The van der Waals surface area contributed by atoms with Crippen LogP contribution in [0.5, 0.6) is 0 Å². The van der Waals surface area contributed by atoms with E-state index in [2.05, 4.69) is 24.0 Å². The molecule has 1 N–H and O–H groups in total. The van der Waals surface area contributed by atoms with Crippen molar-refractivity contribution >= 4 is 17.3 Å². The van der Waals surface area contributed by atoms with Gasteiger partial charge in [-0.25, -0.2) is 4.79 Å². The van der Waals surface area contributed by atoms with Gasteiger partial charge in [0.1, 0.15) is 0 Å². The molecular formula is C16H17NO2. The van der Waals surface area contributed by atoms with E-state index in [-0.39, 0.29) is 0 Å². The Bertz CT molecular complexity index is 576. The Morgan fingerprint density at radius 2 is 1.74 bits per heavy atom. The highest BCUT2D eigenvalue weighted by molar-refractivity contribution is 5.88. The molecule has 19 heavy (non-hydrogen) atoms. The Morgan fingerprint density at radius 1 is 1.11 bits per heavy atom. The number of aromatic carboxylic acids is 1. The summed E-state index contributed by atoms with van der Waals surface area (Å²) in [5.74, 6) is -0.900. The van der Waals surface area contributed by atoms with Crippen molar-refractivity contribution in [3.05, 3.63) is 59.7 Å². The molecule has 3 heteroatoms. The highest BCUT2D eigenvalue weighted by atomic mass is 16.4. The fourth-order valence-corrected chi connectivity index (χ4v) is 2.10. The number of carboxylic acid groups (broad SMARTS) is 1. The van der Waals surface area contributed by atoms with Gasteiger partial charge in [0.15, 0.2) is 0 Å². The summed E-state index contributed by atoms with van der Waals surface area (Å²) < 4.78 is 0. The maximum Gasteiger partial charge on any atom is 0.335 e. The van der Waals surface area contributed by atoms with Gasteiger partial charge in [0, 0.05) is 18.4 Å². The van der Waals surface area contributed by atoms with Gasteiger partial charge in [0.2, 0.25) is 0 Å². The third-order valence-electron chi connectivity index (χ3n) is 3.24. The zero-order valence-electron chi connectivity index (χ0n) is 11.1. The lowest BCUT2D eigenvalue weighted by molar-refractivity contribution is 0.0697. The lowest BCUT2D eigenvalue weighted by Gasteiger charge is -2.22. The fraction of sp³-hybridized carbons (Fsp3) is 0.188. The van der Waals surface area contributed by atoms with Crippen LogP contribution in [0.2, 0.25) is 0 Å². The highest BCUT2D eigenvalue weighted by Gasteiger charge is 2.09. The minimum atomic E-state index is -0.900. The van der Waals surface area contributed by atoms with E-state index in [0.29, 0.717) is 5.56 Å². The smallest absolute Gasteiger partial charge is 0.335 e. The number of para-hydroxylation sites is 1. The maximum absolute atomic E-state index is 10.8. The van der Waals surface area contributed by atoms with Crippen LogP contribution in [0, 0.1) is 0 Å². The lowest BCUT2D eigenvalue weighted by atomic mass is 10.1. The molecule has 3 nitrogen and oxygen atoms in total. The van der Waals surface area contributed by atoms with Gasteiger partial charge in [-0.3, -0.25) is 0 Å². The van der Waals surface area contributed by atoms with Crippen LogP contribution < -0.4 is 4.90 Å². The molecule has 0 fully saturated rings. The molecule has 0 spiro atoms. The molecular weight excluding hydrogens is 238 g/mol. The van der Waals surface area contributed by atoms with Gasteiger partial charge < -0.3 is 10.0 Å². The summed E-state index contributed by atoms with van der Waals surface area (Å²) in [7, 11) is 1.99. The number of benzene rings is 2. The first-order valence-electron chi connectivity index (χ1n) is 6.28. The van der Waals surface area contributed by atoms with E-state index < -0.39 is 5.97 Å². The summed E-state index contributed by atoms with van der Waals surface area (Å²) in [5.41, 5.74) is 3.70. The van der Waals surface area contributed by atoms with Crippen LogP contribution >= 0.6 is 0 Å². The largest absolute Gasteiger partial charge is 0.478 e. The van der Waals surface area contributed by atoms with Gasteiger partial charge >= 0.3 is 5.97 Å². The van der Waals surface area contributed by atoms with Crippen molar-refractivity contribution in [2.45, 2.75) is 13.3 Å². The molecule has 0 aliphatic heterocycles. The van der Waals surface area contributed by atoms with E-state index in [1.807, 2.05) is 31.3 Å². The summed E-state index contributed by atoms with van der Waals surface area (Å²) in [6.07, 6.45) is 0.966. The Labute approximate surface area is 113 Å². The molecule has 0 radical (unpaired) electrons. The SMILES string of the molecule is CCc1ccccc1N(C)c1ccc(C(=O)O)cc1. The molecule has 0 saturated carbocycles. The van der Waals surface area contributed by atoms with Crippen LogP contribution in [-0.4, -0.2) is 18.1 Å². The van der Waals surface area contributed by atoms with Gasteiger partial charge in [-0.1, -0.05) is 25.1 Å². The van der Waals surface area contributed by atoms with E-state index in [4.69, 9.17) is 5.11 Å². The van der Waals surface area contributed by atoms with E-state index in [1.54, 1.807) is 12.1 Å². The number of anilines is 2. The molecule has 2 aromatic carbocycles. The average Bonchev–Trinajstić information content (AvgIpc) is 2.46. The zero-order chi connectivity index (χ0) is 13.8. The van der Waals surface area contributed by atoms with Crippen molar-refractivity contribution in [1.29, 1.82) is 0 Å². The monoisotopic (exact) mass is 255 g/mol. The third kappa shape index (κ3) is 2.76. The Morgan fingerprint density at radius 3 is 2.32 bits per heavy atom. The summed E-state index contributed by atoms with van der Waals surface area (Å²) in [4.78, 5) is 12.9. The van der Waals surface area contributed by atoms with Gasteiger partial charge in [0.25, 0.3) is 0 Å². The van der Waals surface area contributed by atoms with Crippen LogP contribution in [0.1, 0.15) is 22.8 Å². The number of carbonyl (C=O) groups is 1. The van der Waals surface area contributed by atoms with Crippen molar-refractivity contribution in [1.82, 2.24) is 0 Å². The number of carboxylic acids is 1. The second kappa shape index (κ2) is 5.57. The molecule has 2 rings (SSSR count). The number of nitrogens with zero attached hydrogens (tertiary/aromatic N) is 1. The van der Waals surface area contributed by atoms with E-state index in [1.165, 1.54) is 5.56 Å². The average molecular weight is 255 g/mol. The molecule has 2 aromatic rings. The molecule has 0 saturated heterocycles. The predicted octanol–water partition coefficient (Wildman–Crippen LogP) is 3.72. The molecule has 0 unspecified atom stereocenters. The minimum Gasteiger partial charge on any atom is -0.478 e. The normalized spacial score (nSPS) is 10.2. The van der Waals surface area contributed by atoms with Crippen LogP contribution in [-0.2, 0) is 6.42 Å². The Hall–Kier alpha value is -2.29. The van der Waals surface area contributed by atoms with E-state index >= 15 is 0 Å². The molecule has 0 amide bonds. The number of rotatable bonds is 4. The number of hydrogen-bond donors (Lipinski definition) is 1. The molecule has 0 heterocycles.